The number of ether oxygens (including phenoxy) is 2. The lowest BCUT2D eigenvalue weighted by Gasteiger charge is -2.13. The first-order valence-corrected chi connectivity index (χ1v) is 7.86. The smallest absolute Gasteiger partial charge is 0.308 e. The van der Waals surface area contributed by atoms with Crippen LogP contribution in [0.15, 0.2) is 28.7 Å². The third-order valence-electron chi connectivity index (χ3n) is 3.91. The van der Waals surface area contributed by atoms with E-state index in [4.69, 9.17) is 14.3 Å². The summed E-state index contributed by atoms with van der Waals surface area (Å²) < 4.78 is 16.0. The number of aliphatic hydroxyl groups excluding tert-OH is 2. The fourth-order valence-corrected chi connectivity index (χ4v) is 2.70. The molecule has 6 nitrogen and oxygen atoms in total. The van der Waals surface area contributed by atoms with Gasteiger partial charge in [-0.3, -0.25) is 4.79 Å². The molecule has 0 aromatic carbocycles. The standard InChI is InChI=1S/C17H24O6/c1-21-17(20)11-14-10-15(19)16(23-14)8-7-13-6-5-12(22-13)4-2-3-9-18/h2-3,5-6,14-16,18-19H,4,7-11H2,1H3/b3-2+/t14-,15+,16+/m0/s1. The van der Waals surface area contributed by atoms with Crippen LogP contribution in [0.5, 0.6) is 0 Å². The Bertz CT molecular complexity index is 521. The molecule has 1 saturated heterocycles. The van der Waals surface area contributed by atoms with Crippen LogP contribution in [0.25, 0.3) is 0 Å². The fraction of sp³-hybridized carbons (Fsp3) is 0.588. The summed E-state index contributed by atoms with van der Waals surface area (Å²) in [5.74, 6) is 1.35. The van der Waals surface area contributed by atoms with Crippen molar-refractivity contribution in [3.8, 4) is 0 Å². The molecule has 2 rings (SSSR count). The predicted molar refractivity (Wildman–Crippen MR) is 82.9 cm³/mol. The molecule has 23 heavy (non-hydrogen) atoms. The number of hydrogen-bond acceptors (Lipinski definition) is 6. The van der Waals surface area contributed by atoms with Crippen LogP contribution in [-0.4, -0.2) is 48.2 Å². The van der Waals surface area contributed by atoms with Crippen LogP contribution < -0.4 is 0 Å². The zero-order valence-corrected chi connectivity index (χ0v) is 13.3. The molecular formula is C17H24O6. The Morgan fingerprint density at radius 2 is 2.17 bits per heavy atom. The number of furan rings is 1. The van der Waals surface area contributed by atoms with Crippen molar-refractivity contribution < 1.29 is 28.9 Å². The van der Waals surface area contributed by atoms with Crippen molar-refractivity contribution in [1.29, 1.82) is 0 Å². The average molecular weight is 324 g/mol. The van der Waals surface area contributed by atoms with Gasteiger partial charge in [0, 0.05) is 19.3 Å². The molecule has 1 aromatic rings. The van der Waals surface area contributed by atoms with E-state index in [1.165, 1.54) is 7.11 Å². The van der Waals surface area contributed by atoms with E-state index in [0.717, 1.165) is 11.5 Å². The quantitative estimate of drug-likeness (QED) is 0.555. The van der Waals surface area contributed by atoms with Crippen LogP contribution in [0.4, 0.5) is 0 Å². The van der Waals surface area contributed by atoms with E-state index in [1.807, 2.05) is 18.2 Å². The van der Waals surface area contributed by atoms with Crippen molar-refractivity contribution in [3.05, 3.63) is 35.8 Å². The summed E-state index contributed by atoms with van der Waals surface area (Å²) in [6.07, 6.45) is 4.97. The molecule has 0 unspecified atom stereocenters. The second kappa shape index (κ2) is 8.86. The summed E-state index contributed by atoms with van der Waals surface area (Å²) in [4.78, 5) is 11.3. The number of aliphatic hydroxyl groups is 2. The van der Waals surface area contributed by atoms with E-state index in [2.05, 4.69) is 4.74 Å². The Kier molecular flexibility index (Phi) is 6.83. The van der Waals surface area contributed by atoms with Gasteiger partial charge in [0.05, 0.1) is 38.4 Å². The average Bonchev–Trinajstić information content (AvgIpc) is 3.12. The number of carbonyl (C=O) groups is 1. The van der Waals surface area contributed by atoms with E-state index in [-0.39, 0.29) is 31.2 Å². The van der Waals surface area contributed by atoms with Gasteiger partial charge in [-0.25, -0.2) is 0 Å². The lowest BCUT2D eigenvalue weighted by atomic mass is 10.1. The molecule has 0 amide bonds. The van der Waals surface area contributed by atoms with E-state index in [1.54, 1.807) is 6.08 Å². The Morgan fingerprint density at radius 1 is 1.39 bits per heavy atom. The molecule has 1 aromatic heterocycles. The highest BCUT2D eigenvalue weighted by Gasteiger charge is 2.34. The molecule has 2 N–H and O–H groups in total. The van der Waals surface area contributed by atoms with Crippen molar-refractivity contribution in [3.63, 3.8) is 0 Å². The zero-order valence-electron chi connectivity index (χ0n) is 13.3. The SMILES string of the molecule is COC(=O)C[C@@H]1C[C@@H](O)[C@@H](CCc2ccc(C/C=C/CO)o2)O1. The Morgan fingerprint density at radius 3 is 2.91 bits per heavy atom. The lowest BCUT2D eigenvalue weighted by molar-refractivity contribution is -0.143. The second-order valence-electron chi connectivity index (χ2n) is 5.64. The number of hydrogen-bond donors (Lipinski definition) is 2. The second-order valence-corrected chi connectivity index (χ2v) is 5.64. The van der Waals surface area contributed by atoms with Gasteiger partial charge in [-0.1, -0.05) is 12.2 Å². The van der Waals surface area contributed by atoms with E-state index in [0.29, 0.717) is 25.7 Å². The summed E-state index contributed by atoms with van der Waals surface area (Å²) in [5, 5.41) is 18.7. The van der Waals surface area contributed by atoms with E-state index >= 15 is 0 Å². The first-order valence-electron chi connectivity index (χ1n) is 7.86. The molecule has 0 saturated carbocycles. The van der Waals surface area contributed by atoms with Crippen molar-refractivity contribution in [1.82, 2.24) is 0 Å². The van der Waals surface area contributed by atoms with Crippen LogP contribution >= 0.6 is 0 Å². The number of carbonyl (C=O) groups excluding carboxylic acids is 1. The molecule has 128 valence electrons. The van der Waals surface area contributed by atoms with Crippen LogP contribution in [0, 0.1) is 0 Å². The van der Waals surface area contributed by atoms with Gasteiger partial charge in [0.1, 0.15) is 11.5 Å². The van der Waals surface area contributed by atoms with Gasteiger partial charge in [0.25, 0.3) is 0 Å². The number of rotatable bonds is 8. The Labute approximate surface area is 135 Å². The maximum atomic E-state index is 11.3. The molecule has 0 bridgehead atoms. The monoisotopic (exact) mass is 324 g/mol. The molecule has 0 aliphatic carbocycles. The van der Waals surface area contributed by atoms with Crippen molar-refractivity contribution in [2.45, 2.75) is 50.4 Å². The van der Waals surface area contributed by atoms with Crippen LogP contribution in [0.3, 0.4) is 0 Å². The summed E-state index contributed by atoms with van der Waals surface area (Å²) in [5.41, 5.74) is 0. The highest BCUT2D eigenvalue weighted by molar-refractivity contribution is 5.69. The van der Waals surface area contributed by atoms with Crippen LogP contribution in [0.1, 0.15) is 30.8 Å². The lowest BCUT2D eigenvalue weighted by Crippen LogP contribution is -2.21. The zero-order chi connectivity index (χ0) is 16.7. The third kappa shape index (κ3) is 5.49. The Balaban J connectivity index is 1.77. The first-order chi connectivity index (χ1) is 11.1. The van der Waals surface area contributed by atoms with Gasteiger partial charge in [0.2, 0.25) is 0 Å². The topological polar surface area (TPSA) is 89.1 Å². The Hall–Kier alpha value is -1.63. The van der Waals surface area contributed by atoms with E-state index in [9.17, 15) is 9.90 Å². The third-order valence-corrected chi connectivity index (χ3v) is 3.91. The fourth-order valence-electron chi connectivity index (χ4n) is 2.70. The number of esters is 1. The van der Waals surface area contributed by atoms with Crippen LogP contribution in [0.2, 0.25) is 0 Å². The van der Waals surface area contributed by atoms with Crippen molar-refractivity contribution in [2.75, 3.05) is 13.7 Å². The first kappa shape index (κ1) is 17.7. The van der Waals surface area contributed by atoms with E-state index < -0.39 is 6.10 Å². The van der Waals surface area contributed by atoms with Crippen molar-refractivity contribution >= 4 is 5.97 Å². The highest BCUT2D eigenvalue weighted by atomic mass is 16.5. The molecule has 1 fully saturated rings. The molecule has 3 atom stereocenters. The minimum absolute atomic E-state index is 0.0250. The summed E-state index contributed by atoms with van der Waals surface area (Å²) in [7, 11) is 1.34. The van der Waals surface area contributed by atoms with Gasteiger partial charge in [-0.15, -0.1) is 0 Å². The minimum atomic E-state index is -0.563. The van der Waals surface area contributed by atoms with Gasteiger partial charge < -0.3 is 24.1 Å². The summed E-state index contributed by atoms with van der Waals surface area (Å²) in [6, 6.07) is 3.82. The normalized spacial score (nSPS) is 24.4. The molecule has 1 aliphatic rings. The highest BCUT2D eigenvalue weighted by Crippen LogP contribution is 2.26. The number of methoxy groups -OCH3 is 1. The van der Waals surface area contributed by atoms with Gasteiger partial charge >= 0.3 is 5.97 Å². The van der Waals surface area contributed by atoms with Gasteiger partial charge in [-0.05, 0) is 18.6 Å². The summed E-state index contributed by atoms with van der Waals surface area (Å²) >= 11 is 0. The predicted octanol–water partition coefficient (Wildman–Crippen LogP) is 1.38. The van der Waals surface area contributed by atoms with Crippen LogP contribution in [-0.2, 0) is 27.1 Å². The maximum Gasteiger partial charge on any atom is 0.308 e. The molecule has 2 heterocycles. The number of allylic oxidation sites excluding steroid dienone is 1. The number of aryl methyl sites for hydroxylation is 1. The largest absolute Gasteiger partial charge is 0.469 e. The molecule has 0 spiro atoms. The van der Waals surface area contributed by atoms with Gasteiger partial charge in [-0.2, -0.15) is 0 Å². The molecule has 0 radical (unpaired) electrons. The molecular weight excluding hydrogens is 300 g/mol. The maximum absolute atomic E-state index is 11.3. The summed E-state index contributed by atoms with van der Waals surface area (Å²) in [6.45, 7) is 0.0250. The molecule has 1 aliphatic heterocycles. The minimum Gasteiger partial charge on any atom is -0.469 e. The molecule has 6 heteroatoms. The van der Waals surface area contributed by atoms with Gasteiger partial charge in [0.15, 0.2) is 0 Å². The van der Waals surface area contributed by atoms with Crippen molar-refractivity contribution in [2.24, 2.45) is 0 Å².